The van der Waals surface area contributed by atoms with Crippen molar-refractivity contribution in [1.29, 1.82) is 0 Å². The molecule has 1 heterocycles. The molecule has 0 aliphatic heterocycles. The van der Waals surface area contributed by atoms with Crippen LogP contribution < -0.4 is 5.32 Å². The van der Waals surface area contributed by atoms with Gasteiger partial charge in [0.15, 0.2) is 0 Å². The first-order valence-corrected chi connectivity index (χ1v) is 8.72. The first-order valence-electron chi connectivity index (χ1n) is 8.72. The first kappa shape index (κ1) is 18.1. The van der Waals surface area contributed by atoms with Gasteiger partial charge in [-0.05, 0) is 43.9 Å². The first-order chi connectivity index (χ1) is 10.2. The minimum absolute atomic E-state index is 0.418. The summed E-state index contributed by atoms with van der Waals surface area (Å²) in [6.45, 7) is 12.0. The van der Waals surface area contributed by atoms with Gasteiger partial charge >= 0.3 is 0 Å². The second kappa shape index (κ2) is 9.88. The van der Waals surface area contributed by atoms with Gasteiger partial charge in [0.05, 0.1) is 11.4 Å². The summed E-state index contributed by atoms with van der Waals surface area (Å²) in [4.78, 5) is 0. The quantitative estimate of drug-likeness (QED) is 0.684. The Morgan fingerprint density at radius 1 is 1.14 bits per heavy atom. The Hall–Kier alpha value is -0.960. The van der Waals surface area contributed by atoms with Crippen molar-refractivity contribution in [2.75, 3.05) is 6.54 Å². The molecule has 2 atom stereocenters. The average Bonchev–Trinajstić information content (AvgIpc) is 2.50. The van der Waals surface area contributed by atoms with Crippen molar-refractivity contribution < 1.29 is 0 Å². The molecule has 0 bridgehead atoms. The molecule has 2 unspecified atom stereocenters. The maximum atomic E-state index is 4.41. The van der Waals surface area contributed by atoms with Gasteiger partial charge in [-0.1, -0.05) is 53.4 Å². The lowest BCUT2D eigenvalue weighted by Gasteiger charge is -2.25. The van der Waals surface area contributed by atoms with Crippen molar-refractivity contribution in [1.82, 2.24) is 15.5 Å². The molecule has 0 aliphatic rings. The third-order valence-corrected chi connectivity index (χ3v) is 4.30. The van der Waals surface area contributed by atoms with Gasteiger partial charge in [0, 0.05) is 6.04 Å². The number of unbranched alkanes of at least 4 members (excludes halogenated alkanes) is 1. The number of aryl methyl sites for hydroxylation is 2. The van der Waals surface area contributed by atoms with Gasteiger partial charge < -0.3 is 5.32 Å². The second-order valence-corrected chi connectivity index (χ2v) is 6.00. The molecule has 0 fully saturated rings. The van der Waals surface area contributed by atoms with E-state index in [0.29, 0.717) is 6.04 Å². The number of nitrogens with one attached hydrogen (secondary N) is 1. The zero-order valence-electron chi connectivity index (χ0n) is 14.6. The SMILES string of the molecule is CCCCC(CC)CC(NCC)c1cc(C)nnc1CC. The Bertz CT molecular complexity index is 403. The number of hydrogen-bond acceptors (Lipinski definition) is 3. The third-order valence-electron chi connectivity index (χ3n) is 4.30. The number of aromatic nitrogens is 2. The van der Waals surface area contributed by atoms with Crippen LogP contribution in [0.5, 0.6) is 0 Å². The van der Waals surface area contributed by atoms with Crippen molar-refractivity contribution in [2.24, 2.45) is 5.92 Å². The summed E-state index contributed by atoms with van der Waals surface area (Å²) in [5.41, 5.74) is 3.53. The lowest BCUT2D eigenvalue weighted by molar-refractivity contribution is 0.355. The fourth-order valence-electron chi connectivity index (χ4n) is 2.99. The lowest BCUT2D eigenvalue weighted by Crippen LogP contribution is -2.25. The van der Waals surface area contributed by atoms with Crippen molar-refractivity contribution in [3.05, 3.63) is 23.0 Å². The van der Waals surface area contributed by atoms with E-state index in [0.717, 1.165) is 30.3 Å². The van der Waals surface area contributed by atoms with Crippen LogP contribution in [0.15, 0.2) is 6.07 Å². The summed E-state index contributed by atoms with van der Waals surface area (Å²) >= 11 is 0. The molecule has 1 rings (SSSR count). The number of hydrogen-bond donors (Lipinski definition) is 1. The summed E-state index contributed by atoms with van der Waals surface area (Å²) in [6.07, 6.45) is 7.40. The number of rotatable bonds is 10. The zero-order chi connectivity index (χ0) is 15.7. The van der Waals surface area contributed by atoms with Crippen molar-refractivity contribution in [2.45, 2.75) is 79.2 Å². The molecule has 0 saturated heterocycles. The van der Waals surface area contributed by atoms with Crippen LogP contribution in [0.3, 0.4) is 0 Å². The summed E-state index contributed by atoms with van der Waals surface area (Å²) in [6, 6.07) is 2.65. The van der Waals surface area contributed by atoms with Crippen molar-refractivity contribution in [3.63, 3.8) is 0 Å². The van der Waals surface area contributed by atoms with Crippen molar-refractivity contribution >= 4 is 0 Å². The van der Waals surface area contributed by atoms with Crippen LogP contribution in [-0.2, 0) is 6.42 Å². The van der Waals surface area contributed by atoms with E-state index >= 15 is 0 Å². The Morgan fingerprint density at radius 3 is 2.48 bits per heavy atom. The highest BCUT2D eigenvalue weighted by Gasteiger charge is 2.19. The van der Waals surface area contributed by atoms with Gasteiger partial charge in [-0.3, -0.25) is 0 Å². The van der Waals surface area contributed by atoms with Crippen LogP contribution in [0, 0.1) is 12.8 Å². The van der Waals surface area contributed by atoms with Crippen LogP contribution in [0.4, 0.5) is 0 Å². The Balaban J connectivity index is 2.91. The lowest BCUT2D eigenvalue weighted by atomic mass is 9.88. The molecule has 3 heteroatoms. The Morgan fingerprint density at radius 2 is 1.90 bits per heavy atom. The predicted molar refractivity (Wildman–Crippen MR) is 90.5 cm³/mol. The summed E-state index contributed by atoms with van der Waals surface area (Å²) in [5, 5.41) is 12.3. The second-order valence-electron chi connectivity index (χ2n) is 6.00. The highest BCUT2D eigenvalue weighted by atomic mass is 15.1. The highest BCUT2D eigenvalue weighted by Crippen LogP contribution is 2.28. The van der Waals surface area contributed by atoms with E-state index in [9.17, 15) is 0 Å². The minimum atomic E-state index is 0.418. The van der Waals surface area contributed by atoms with Gasteiger partial charge in [0.2, 0.25) is 0 Å². The molecule has 0 radical (unpaired) electrons. The maximum absolute atomic E-state index is 4.41. The van der Waals surface area contributed by atoms with Crippen LogP contribution in [-0.4, -0.2) is 16.7 Å². The summed E-state index contributed by atoms with van der Waals surface area (Å²) < 4.78 is 0. The maximum Gasteiger partial charge on any atom is 0.0676 e. The smallest absolute Gasteiger partial charge is 0.0676 e. The molecule has 0 amide bonds. The predicted octanol–water partition coefficient (Wildman–Crippen LogP) is 4.60. The van der Waals surface area contributed by atoms with E-state index in [4.69, 9.17) is 0 Å². The van der Waals surface area contributed by atoms with Crippen molar-refractivity contribution in [3.8, 4) is 0 Å². The fourth-order valence-corrected chi connectivity index (χ4v) is 2.99. The number of nitrogens with zero attached hydrogens (tertiary/aromatic N) is 2. The normalized spacial score (nSPS) is 14.1. The van der Waals surface area contributed by atoms with Crippen LogP contribution in [0.25, 0.3) is 0 Å². The van der Waals surface area contributed by atoms with E-state index in [-0.39, 0.29) is 0 Å². The van der Waals surface area contributed by atoms with E-state index in [1.54, 1.807) is 0 Å². The molecular formula is C18H33N3. The van der Waals surface area contributed by atoms with E-state index in [2.05, 4.69) is 49.3 Å². The van der Waals surface area contributed by atoms with E-state index < -0.39 is 0 Å². The Labute approximate surface area is 130 Å². The summed E-state index contributed by atoms with van der Waals surface area (Å²) in [7, 11) is 0. The van der Waals surface area contributed by atoms with Gasteiger partial charge in [-0.2, -0.15) is 10.2 Å². The molecule has 0 saturated carbocycles. The molecule has 1 N–H and O–H groups in total. The van der Waals surface area contributed by atoms with Crippen LogP contribution in [0.2, 0.25) is 0 Å². The van der Waals surface area contributed by atoms with E-state index in [1.165, 1.54) is 37.7 Å². The monoisotopic (exact) mass is 291 g/mol. The van der Waals surface area contributed by atoms with Gasteiger partial charge in [-0.25, -0.2) is 0 Å². The molecule has 3 nitrogen and oxygen atoms in total. The molecule has 21 heavy (non-hydrogen) atoms. The topological polar surface area (TPSA) is 37.8 Å². The molecule has 0 aliphatic carbocycles. The average molecular weight is 291 g/mol. The van der Waals surface area contributed by atoms with Crippen LogP contribution in [0.1, 0.15) is 82.8 Å². The summed E-state index contributed by atoms with van der Waals surface area (Å²) in [5.74, 6) is 0.798. The fraction of sp³-hybridized carbons (Fsp3) is 0.778. The molecule has 0 aromatic carbocycles. The Kier molecular flexibility index (Phi) is 8.51. The standard InChI is InChI=1S/C18H33N3/c1-6-10-11-15(7-2)13-18(19-9-4)16-12-14(5)20-21-17(16)8-3/h12,15,18-19H,6-11,13H2,1-5H3. The molecular weight excluding hydrogens is 258 g/mol. The van der Waals surface area contributed by atoms with Gasteiger partial charge in [-0.15, -0.1) is 0 Å². The molecule has 1 aromatic rings. The molecule has 1 aromatic heterocycles. The minimum Gasteiger partial charge on any atom is -0.310 e. The molecule has 0 spiro atoms. The van der Waals surface area contributed by atoms with E-state index in [1.807, 2.05) is 6.92 Å². The zero-order valence-corrected chi connectivity index (χ0v) is 14.6. The highest BCUT2D eigenvalue weighted by molar-refractivity contribution is 5.25. The molecule has 120 valence electrons. The largest absolute Gasteiger partial charge is 0.310 e. The van der Waals surface area contributed by atoms with Gasteiger partial charge in [0.25, 0.3) is 0 Å². The van der Waals surface area contributed by atoms with Crippen LogP contribution >= 0.6 is 0 Å². The third kappa shape index (κ3) is 5.74. The van der Waals surface area contributed by atoms with Gasteiger partial charge in [0.1, 0.15) is 0 Å².